The molecule has 1 amide bonds. The summed E-state index contributed by atoms with van der Waals surface area (Å²) < 4.78 is 23.5. The fourth-order valence-electron chi connectivity index (χ4n) is 1.40. The van der Waals surface area contributed by atoms with Gasteiger partial charge in [0, 0.05) is 12.1 Å². The maximum absolute atomic E-state index is 11.7. The van der Waals surface area contributed by atoms with Crippen molar-refractivity contribution in [2.75, 3.05) is 11.1 Å². The second-order valence-electron chi connectivity index (χ2n) is 3.42. The van der Waals surface area contributed by atoms with Gasteiger partial charge in [0.2, 0.25) is 5.91 Å². The Balaban J connectivity index is 2.66. The Bertz CT molecular complexity index is 522. The second-order valence-corrected chi connectivity index (χ2v) is 5.45. The Hall–Kier alpha value is -1.43. The Morgan fingerprint density at radius 1 is 1.40 bits per heavy atom. The number of carbonyl (C=O) groups is 1. The highest BCUT2D eigenvalue weighted by molar-refractivity contribution is 7.91. The molecule has 0 spiro atoms. The molecule has 0 bridgehead atoms. The van der Waals surface area contributed by atoms with E-state index >= 15 is 0 Å². The lowest BCUT2D eigenvalue weighted by Crippen LogP contribution is -2.10. The van der Waals surface area contributed by atoms with Gasteiger partial charge in [-0.15, -0.1) is 0 Å². The van der Waals surface area contributed by atoms with E-state index in [-0.39, 0.29) is 28.8 Å². The lowest BCUT2D eigenvalue weighted by atomic mass is 10.3. The van der Waals surface area contributed by atoms with Crippen molar-refractivity contribution >= 4 is 21.4 Å². The van der Waals surface area contributed by atoms with Crippen LogP contribution in [0.25, 0.3) is 0 Å². The largest absolute Gasteiger partial charge is 0.324 e. The first kappa shape index (κ1) is 10.1. The fourth-order valence-corrected chi connectivity index (χ4v) is 2.79. The van der Waals surface area contributed by atoms with Gasteiger partial charge in [0.15, 0.2) is 14.9 Å². The van der Waals surface area contributed by atoms with Crippen molar-refractivity contribution in [1.82, 2.24) is 4.98 Å². The second kappa shape index (κ2) is 3.30. The number of sulfone groups is 1. The smallest absolute Gasteiger partial charge is 0.225 e. The van der Waals surface area contributed by atoms with Gasteiger partial charge in [0.05, 0.1) is 11.4 Å². The van der Waals surface area contributed by atoms with Crippen LogP contribution >= 0.6 is 0 Å². The van der Waals surface area contributed by atoms with Crippen LogP contribution in [0, 0.1) is 6.92 Å². The number of nitrogens with zero attached hydrogens (tertiary/aromatic N) is 1. The number of aryl methyl sites for hydroxylation is 1. The third-order valence-corrected chi connectivity index (χ3v) is 3.81. The van der Waals surface area contributed by atoms with Gasteiger partial charge in [-0.1, -0.05) is 0 Å². The summed E-state index contributed by atoms with van der Waals surface area (Å²) in [6, 6.07) is 3.23. The SMILES string of the molecule is Cc1ccc2c(n1)S(=O)(=O)CCC(=O)N2. The molecule has 0 fully saturated rings. The fraction of sp³-hybridized carbons (Fsp3) is 0.333. The van der Waals surface area contributed by atoms with Gasteiger partial charge in [0.25, 0.3) is 0 Å². The molecule has 15 heavy (non-hydrogen) atoms. The first-order valence-corrected chi connectivity index (χ1v) is 6.14. The molecule has 0 aliphatic carbocycles. The number of nitrogens with one attached hydrogen (secondary N) is 1. The number of fused-ring (bicyclic) bond motifs is 1. The average Bonchev–Trinajstić information content (AvgIpc) is 2.27. The molecule has 0 saturated carbocycles. The number of carbonyl (C=O) groups excluding carboxylic acids is 1. The van der Waals surface area contributed by atoms with Crippen LogP contribution in [0.3, 0.4) is 0 Å². The van der Waals surface area contributed by atoms with Gasteiger partial charge >= 0.3 is 0 Å². The Labute approximate surface area is 87.4 Å². The highest BCUT2D eigenvalue weighted by atomic mass is 32.2. The van der Waals surface area contributed by atoms with Crippen LogP contribution in [-0.4, -0.2) is 25.1 Å². The van der Waals surface area contributed by atoms with Crippen LogP contribution in [-0.2, 0) is 14.6 Å². The quantitative estimate of drug-likeness (QED) is 0.699. The molecule has 0 atom stereocenters. The molecule has 0 aromatic carbocycles. The molecule has 1 aromatic heterocycles. The summed E-state index contributed by atoms with van der Waals surface area (Å²) in [7, 11) is -3.43. The molecule has 6 heteroatoms. The highest BCUT2D eigenvalue weighted by Gasteiger charge is 2.26. The van der Waals surface area contributed by atoms with Crippen LogP contribution < -0.4 is 5.32 Å². The molecular weight excluding hydrogens is 216 g/mol. The third-order valence-electron chi connectivity index (χ3n) is 2.17. The van der Waals surface area contributed by atoms with E-state index in [4.69, 9.17) is 0 Å². The van der Waals surface area contributed by atoms with Crippen molar-refractivity contribution in [3.05, 3.63) is 17.8 Å². The summed E-state index contributed by atoms with van der Waals surface area (Å²) in [6.45, 7) is 1.71. The summed E-state index contributed by atoms with van der Waals surface area (Å²) in [4.78, 5) is 15.2. The summed E-state index contributed by atoms with van der Waals surface area (Å²) in [6.07, 6.45) is -0.0161. The predicted octanol–water partition coefficient (Wildman–Crippen LogP) is 0.506. The number of pyridine rings is 1. The van der Waals surface area contributed by atoms with Crippen molar-refractivity contribution < 1.29 is 13.2 Å². The van der Waals surface area contributed by atoms with Crippen LogP contribution in [0.1, 0.15) is 12.1 Å². The number of rotatable bonds is 0. The zero-order valence-electron chi connectivity index (χ0n) is 8.15. The number of amides is 1. The van der Waals surface area contributed by atoms with E-state index in [1.807, 2.05) is 0 Å². The molecule has 2 heterocycles. The number of aromatic nitrogens is 1. The first-order chi connectivity index (χ1) is 6.99. The van der Waals surface area contributed by atoms with Gasteiger partial charge < -0.3 is 5.32 Å². The van der Waals surface area contributed by atoms with E-state index in [9.17, 15) is 13.2 Å². The maximum Gasteiger partial charge on any atom is 0.225 e. The predicted molar refractivity (Wildman–Crippen MR) is 54.3 cm³/mol. The lowest BCUT2D eigenvalue weighted by Gasteiger charge is -2.05. The molecule has 1 aliphatic heterocycles. The Morgan fingerprint density at radius 3 is 2.87 bits per heavy atom. The van der Waals surface area contributed by atoms with Gasteiger partial charge in [0.1, 0.15) is 0 Å². The molecule has 80 valence electrons. The van der Waals surface area contributed by atoms with E-state index in [0.717, 1.165) is 0 Å². The lowest BCUT2D eigenvalue weighted by molar-refractivity contribution is -0.115. The molecule has 2 rings (SSSR count). The van der Waals surface area contributed by atoms with Crippen molar-refractivity contribution in [3.63, 3.8) is 0 Å². The standard InChI is InChI=1S/C9H10N2O3S/c1-6-2-3-7-9(10-6)15(13,14)5-4-8(12)11-7/h2-3H,4-5H2,1H3,(H,11,12). The highest BCUT2D eigenvalue weighted by Crippen LogP contribution is 2.24. The van der Waals surface area contributed by atoms with E-state index < -0.39 is 9.84 Å². The Kier molecular flexibility index (Phi) is 2.22. The zero-order valence-corrected chi connectivity index (χ0v) is 8.97. The summed E-state index contributed by atoms with van der Waals surface area (Å²) >= 11 is 0. The van der Waals surface area contributed by atoms with Crippen molar-refractivity contribution in [2.24, 2.45) is 0 Å². The normalized spacial score (nSPS) is 18.9. The van der Waals surface area contributed by atoms with Crippen LogP contribution in [0.2, 0.25) is 0 Å². The minimum absolute atomic E-state index is 0.0161. The van der Waals surface area contributed by atoms with E-state index in [1.54, 1.807) is 19.1 Å². The summed E-state index contributed by atoms with van der Waals surface area (Å²) in [5.41, 5.74) is 0.900. The molecule has 0 unspecified atom stereocenters. The van der Waals surface area contributed by atoms with Gasteiger partial charge in [-0.3, -0.25) is 4.79 Å². The minimum Gasteiger partial charge on any atom is -0.324 e. The molecular formula is C9H10N2O3S. The summed E-state index contributed by atoms with van der Waals surface area (Å²) in [5, 5.41) is 2.50. The monoisotopic (exact) mass is 226 g/mol. The Morgan fingerprint density at radius 2 is 2.13 bits per heavy atom. The molecule has 0 saturated heterocycles. The van der Waals surface area contributed by atoms with Crippen molar-refractivity contribution in [3.8, 4) is 0 Å². The molecule has 1 aromatic rings. The summed E-state index contributed by atoms with van der Waals surface area (Å²) in [5.74, 6) is -0.467. The van der Waals surface area contributed by atoms with Crippen molar-refractivity contribution in [1.29, 1.82) is 0 Å². The van der Waals surface area contributed by atoms with Gasteiger partial charge in [-0.2, -0.15) is 0 Å². The number of hydrogen-bond donors (Lipinski definition) is 1. The van der Waals surface area contributed by atoms with Crippen LogP contribution in [0.4, 0.5) is 5.69 Å². The maximum atomic E-state index is 11.7. The van der Waals surface area contributed by atoms with Crippen LogP contribution in [0.15, 0.2) is 17.2 Å². The molecule has 0 radical (unpaired) electrons. The molecule has 1 aliphatic rings. The zero-order chi connectivity index (χ0) is 11.1. The number of anilines is 1. The van der Waals surface area contributed by atoms with E-state index in [0.29, 0.717) is 5.69 Å². The average molecular weight is 226 g/mol. The topological polar surface area (TPSA) is 76.1 Å². The van der Waals surface area contributed by atoms with E-state index in [1.165, 1.54) is 0 Å². The van der Waals surface area contributed by atoms with Gasteiger partial charge in [-0.25, -0.2) is 13.4 Å². The molecule has 1 N–H and O–H groups in total. The number of hydrogen-bond acceptors (Lipinski definition) is 4. The molecule has 5 nitrogen and oxygen atoms in total. The van der Waals surface area contributed by atoms with Crippen LogP contribution in [0.5, 0.6) is 0 Å². The third kappa shape index (κ3) is 1.85. The van der Waals surface area contributed by atoms with Crippen molar-refractivity contribution in [2.45, 2.75) is 18.4 Å². The minimum atomic E-state index is -3.43. The van der Waals surface area contributed by atoms with E-state index in [2.05, 4.69) is 10.3 Å². The van der Waals surface area contributed by atoms with Gasteiger partial charge in [-0.05, 0) is 19.1 Å². The first-order valence-electron chi connectivity index (χ1n) is 4.49.